The standard InChI is InChI=1S/C21H15ClFN7O2/c1-11-15(32-12-5-6-30-17(7-12)25-10-27-30)4-3-13(18(11)23)28-21-19-14(24-9-26-21)8-16(31-2)20(22)29-19/h3-10H,1-2H3,(H,24,26,28). The Bertz CT molecular complexity index is 1470. The number of fused-ring (bicyclic) bond motifs is 2. The van der Waals surface area contributed by atoms with E-state index < -0.39 is 5.82 Å². The minimum atomic E-state index is -0.488. The number of pyridine rings is 2. The number of nitrogens with zero attached hydrogens (tertiary/aromatic N) is 6. The van der Waals surface area contributed by atoms with E-state index in [1.54, 1.807) is 48.0 Å². The highest BCUT2D eigenvalue weighted by Crippen LogP contribution is 2.34. The van der Waals surface area contributed by atoms with Crippen LogP contribution < -0.4 is 14.8 Å². The van der Waals surface area contributed by atoms with E-state index in [9.17, 15) is 0 Å². The number of hydrogen-bond acceptors (Lipinski definition) is 8. The van der Waals surface area contributed by atoms with Gasteiger partial charge in [-0.15, -0.1) is 0 Å². The molecule has 0 spiro atoms. The number of hydrogen-bond donors (Lipinski definition) is 1. The van der Waals surface area contributed by atoms with E-state index in [-0.39, 0.29) is 10.8 Å². The summed E-state index contributed by atoms with van der Waals surface area (Å²) in [5.74, 6) is 1.09. The second-order valence-corrected chi connectivity index (χ2v) is 7.13. The molecule has 160 valence electrons. The minimum absolute atomic E-state index is 0.155. The van der Waals surface area contributed by atoms with Crippen LogP contribution in [0.2, 0.25) is 5.15 Å². The molecule has 1 aromatic carbocycles. The van der Waals surface area contributed by atoms with Crippen LogP contribution in [0.25, 0.3) is 16.7 Å². The molecule has 4 heterocycles. The van der Waals surface area contributed by atoms with Gasteiger partial charge in [-0.05, 0) is 25.1 Å². The molecule has 0 aliphatic rings. The fraction of sp³-hybridized carbons (Fsp3) is 0.0952. The summed E-state index contributed by atoms with van der Waals surface area (Å²) in [6.07, 6.45) is 4.51. The first-order chi connectivity index (χ1) is 15.5. The maximum absolute atomic E-state index is 15.2. The highest BCUT2D eigenvalue weighted by atomic mass is 35.5. The number of benzene rings is 1. The summed E-state index contributed by atoms with van der Waals surface area (Å²) in [4.78, 5) is 16.8. The quantitative estimate of drug-likeness (QED) is 0.383. The van der Waals surface area contributed by atoms with Crippen molar-refractivity contribution in [3.8, 4) is 17.2 Å². The smallest absolute Gasteiger partial charge is 0.171 e. The van der Waals surface area contributed by atoms with Crippen molar-refractivity contribution in [1.82, 2.24) is 29.5 Å². The van der Waals surface area contributed by atoms with E-state index in [0.717, 1.165) is 0 Å². The van der Waals surface area contributed by atoms with Crippen molar-refractivity contribution in [2.75, 3.05) is 12.4 Å². The first-order valence-electron chi connectivity index (χ1n) is 9.42. The van der Waals surface area contributed by atoms with Gasteiger partial charge in [0.05, 0.1) is 18.3 Å². The van der Waals surface area contributed by atoms with Gasteiger partial charge in [-0.3, -0.25) is 0 Å². The normalized spacial score (nSPS) is 11.1. The third-order valence-corrected chi connectivity index (χ3v) is 5.09. The molecule has 4 aromatic heterocycles. The lowest BCUT2D eigenvalue weighted by atomic mass is 10.1. The van der Waals surface area contributed by atoms with Gasteiger partial charge >= 0.3 is 0 Å². The average Bonchev–Trinajstić information content (AvgIpc) is 3.26. The largest absolute Gasteiger partial charge is 0.493 e. The Morgan fingerprint density at radius 2 is 1.94 bits per heavy atom. The first-order valence-corrected chi connectivity index (χ1v) is 9.80. The molecule has 0 fully saturated rings. The third-order valence-electron chi connectivity index (χ3n) is 4.82. The molecule has 1 N–H and O–H groups in total. The lowest BCUT2D eigenvalue weighted by molar-refractivity contribution is 0.414. The molecule has 0 amide bonds. The van der Waals surface area contributed by atoms with Gasteiger partial charge in [0.1, 0.15) is 29.7 Å². The van der Waals surface area contributed by atoms with Gasteiger partial charge in [-0.1, -0.05) is 11.6 Å². The Morgan fingerprint density at radius 1 is 1.06 bits per heavy atom. The molecule has 5 aromatic rings. The van der Waals surface area contributed by atoms with Crippen molar-refractivity contribution in [3.63, 3.8) is 0 Å². The van der Waals surface area contributed by atoms with Gasteiger partial charge in [-0.25, -0.2) is 28.8 Å². The van der Waals surface area contributed by atoms with Crippen LogP contribution in [0, 0.1) is 12.7 Å². The molecule has 0 aliphatic heterocycles. The summed E-state index contributed by atoms with van der Waals surface area (Å²) in [7, 11) is 1.49. The molecule has 0 saturated heterocycles. The number of rotatable bonds is 5. The topological polar surface area (TPSA) is 99.4 Å². The number of nitrogens with one attached hydrogen (secondary N) is 1. The summed E-state index contributed by atoms with van der Waals surface area (Å²) in [5.41, 5.74) is 2.04. The van der Waals surface area contributed by atoms with Crippen molar-refractivity contribution in [3.05, 3.63) is 65.7 Å². The molecule has 0 radical (unpaired) electrons. The molecule has 0 unspecified atom stereocenters. The zero-order valence-corrected chi connectivity index (χ0v) is 17.6. The number of halogens is 2. The fourth-order valence-corrected chi connectivity index (χ4v) is 3.39. The van der Waals surface area contributed by atoms with Gasteiger partial charge in [0.25, 0.3) is 0 Å². The van der Waals surface area contributed by atoms with E-state index >= 15 is 4.39 Å². The molecule has 0 atom stereocenters. The molecule has 32 heavy (non-hydrogen) atoms. The summed E-state index contributed by atoms with van der Waals surface area (Å²) in [6, 6.07) is 8.31. The maximum Gasteiger partial charge on any atom is 0.171 e. The van der Waals surface area contributed by atoms with Crippen LogP contribution in [0.3, 0.4) is 0 Å². The van der Waals surface area contributed by atoms with Crippen LogP contribution in [0.1, 0.15) is 5.56 Å². The highest BCUT2D eigenvalue weighted by molar-refractivity contribution is 6.31. The van der Waals surface area contributed by atoms with Crippen LogP contribution in [-0.4, -0.2) is 36.7 Å². The summed E-state index contributed by atoms with van der Waals surface area (Å²) >= 11 is 6.14. The highest BCUT2D eigenvalue weighted by Gasteiger charge is 2.16. The predicted molar refractivity (Wildman–Crippen MR) is 116 cm³/mol. The van der Waals surface area contributed by atoms with Gasteiger partial charge in [-0.2, -0.15) is 5.10 Å². The van der Waals surface area contributed by atoms with Crippen molar-refractivity contribution in [2.45, 2.75) is 6.92 Å². The van der Waals surface area contributed by atoms with E-state index in [2.05, 4.69) is 30.4 Å². The van der Waals surface area contributed by atoms with Crippen molar-refractivity contribution in [1.29, 1.82) is 0 Å². The molecular weight excluding hydrogens is 437 g/mol. The first kappa shape index (κ1) is 19.9. The van der Waals surface area contributed by atoms with Crippen molar-refractivity contribution in [2.24, 2.45) is 0 Å². The van der Waals surface area contributed by atoms with Gasteiger partial charge in [0.15, 0.2) is 28.2 Å². The van der Waals surface area contributed by atoms with Gasteiger partial charge in [0.2, 0.25) is 0 Å². The van der Waals surface area contributed by atoms with E-state index in [1.807, 2.05) is 0 Å². The fourth-order valence-electron chi connectivity index (χ4n) is 3.17. The summed E-state index contributed by atoms with van der Waals surface area (Å²) in [6.45, 7) is 1.63. The number of methoxy groups -OCH3 is 1. The zero-order valence-electron chi connectivity index (χ0n) is 16.9. The second kappa shape index (κ2) is 7.89. The minimum Gasteiger partial charge on any atom is -0.493 e. The molecule has 0 saturated carbocycles. The molecular formula is C21H15ClFN7O2. The van der Waals surface area contributed by atoms with Crippen LogP contribution in [0.15, 0.2) is 49.2 Å². The van der Waals surface area contributed by atoms with Crippen molar-refractivity contribution >= 4 is 39.8 Å². The number of aromatic nitrogens is 6. The van der Waals surface area contributed by atoms with E-state index in [0.29, 0.717) is 45.3 Å². The summed E-state index contributed by atoms with van der Waals surface area (Å²) < 4.78 is 27.8. The maximum atomic E-state index is 15.2. The van der Waals surface area contributed by atoms with Crippen LogP contribution in [0.4, 0.5) is 15.9 Å². The van der Waals surface area contributed by atoms with E-state index in [1.165, 1.54) is 19.8 Å². The van der Waals surface area contributed by atoms with Crippen LogP contribution in [-0.2, 0) is 0 Å². The van der Waals surface area contributed by atoms with Gasteiger partial charge < -0.3 is 14.8 Å². The predicted octanol–water partition coefficient (Wildman–Crippen LogP) is 4.71. The van der Waals surface area contributed by atoms with Crippen molar-refractivity contribution < 1.29 is 13.9 Å². The average molecular weight is 452 g/mol. The molecule has 0 bridgehead atoms. The SMILES string of the molecule is COc1cc2ncnc(Nc3ccc(Oc4ccn5ncnc5c4)c(C)c3F)c2nc1Cl. The monoisotopic (exact) mass is 451 g/mol. The molecule has 5 rings (SSSR count). The zero-order chi connectivity index (χ0) is 22.2. The molecule has 0 aliphatic carbocycles. The lowest BCUT2D eigenvalue weighted by Gasteiger charge is -2.14. The van der Waals surface area contributed by atoms with E-state index in [4.69, 9.17) is 21.1 Å². The van der Waals surface area contributed by atoms with Gasteiger partial charge in [0, 0.05) is 23.9 Å². The number of ether oxygens (including phenoxy) is 2. The summed E-state index contributed by atoms with van der Waals surface area (Å²) in [5, 5.41) is 7.16. The Balaban J connectivity index is 1.46. The Hall–Kier alpha value is -4.05. The number of anilines is 2. The third kappa shape index (κ3) is 3.50. The lowest BCUT2D eigenvalue weighted by Crippen LogP contribution is -2.02. The molecule has 11 heteroatoms. The second-order valence-electron chi connectivity index (χ2n) is 6.77. The van der Waals surface area contributed by atoms with Crippen LogP contribution >= 0.6 is 11.6 Å². The Labute approximate surface area is 185 Å². The molecule has 9 nitrogen and oxygen atoms in total. The Morgan fingerprint density at radius 3 is 2.78 bits per heavy atom. The van der Waals surface area contributed by atoms with Crippen LogP contribution in [0.5, 0.6) is 17.2 Å². The Kier molecular flexibility index (Phi) is 4.91.